The number of fused-ring (bicyclic) bond motifs is 5. The number of ether oxygens (including phenoxy) is 3. The average molecular weight is 644 g/mol. The van der Waals surface area contributed by atoms with Crippen molar-refractivity contribution in [2.45, 2.75) is 92.6 Å². The lowest BCUT2D eigenvalue weighted by molar-refractivity contribution is -0.242. The summed E-state index contributed by atoms with van der Waals surface area (Å²) >= 11 is 23.1. The summed E-state index contributed by atoms with van der Waals surface area (Å²) in [5.74, 6) is -5.39. The molecule has 0 bridgehead atoms. The smallest absolute Gasteiger partial charge is 0.355 e. The number of halogens is 5. The second-order valence-electron chi connectivity index (χ2n) is 11.6. The van der Waals surface area contributed by atoms with E-state index in [1.54, 1.807) is 27.7 Å². The van der Waals surface area contributed by atoms with Crippen LogP contribution in [-0.4, -0.2) is 68.1 Å². The van der Waals surface area contributed by atoms with E-state index in [0.717, 1.165) is 0 Å². The quantitative estimate of drug-likeness (QED) is 0.251. The van der Waals surface area contributed by atoms with Crippen molar-refractivity contribution in [3.63, 3.8) is 0 Å². The number of rotatable bonds is 6. The number of carbonyl (C=O) groups is 4. The highest BCUT2D eigenvalue weighted by atomic mass is 35.5. The van der Waals surface area contributed by atoms with Gasteiger partial charge in [0, 0.05) is 16.7 Å². The van der Waals surface area contributed by atoms with Crippen LogP contribution in [0.1, 0.15) is 53.4 Å². The Bertz CT molecular complexity index is 1170. The molecule has 3 saturated carbocycles. The van der Waals surface area contributed by atoms with Crippen LogP contribution in [0.2, 0.25) is 0 Å². The Labute approximate surface area is 251 Å². The van der Waals surface area contributed by atoms with Crippen molar-refractivity contribution in [3.05, 3.63) is 23.8 Å². The molecule has 0 amide bonds. The number of allylic oxidation sites excluding steroid dienone is 4. The number of hydrogen-bond acceptors (Lipinski definition) is 8. The van der Waals surface area contributed by atoms with Crippen LogP contribution < -0.4 is 0 Å². The molecular formula is C27H31Cl4FO8. The summed E-state index contributed by atoms with van der Waals surface area (Å²) in [7, 11) is 0. The molecule has 13 heteroatoms. The molecule has 0 unspecified atom stereocenters. The average Bonchev–Trinajstić information content (AvgIpc) is 3.08. The van der Waals surface area contributed by atoms with E-state index in [1.165, 1.54) is 18.2 Å². The van der Waals surface area contributed by atoms with E-state index in [4.69, 9.17) is 60.6 Å². The predicted molar refractivity (Wildman–Crippen MR) is 145 cm³/mol. The number of hydrogen-bond donors (Lipinski definition) is 1. The summed E-state index contributed by atoms with van der Waals surface area (Å²) in [5, 5.41) is 11.6. The van der Waals surface area contributed by atoms with Crippen molar-refractivity contribution in [1.29, 1.82) is 0 Å². The van der Waals surface area contributed by atoms with Crippen LogP contribution in [0.3, 0.4) is 0 Å². The van der Waals surface area contributed by atoms with Gasteiger partial charge in [-0.2, -0.15) is 0 Å². The van der Waals surface area contributed by atoms with Crippen LogP contribution in [0.25, 0.3) is 0 Å². The number of alkyl halides is 5. The zero-order chi connectivity index (χ0) is 30.0. The number of aliphatic hydroxyl groups excluding tert-OH is 1. The van der Waals surface area contributed by atoms with E-state index in [1.807, 2.05) is 0 Å². The second-order valence-corrected chi connectivity index (χ2v) is 13.8. The molecule has 0 radical (unpaired) electrons. The molecule has 4 rings (SSSR count). The van der Waals surface area contributed by atoms with E-state index >= 15 is 4.39 Å². The van der Waals surface area contributed by atoms with Gasteiger partial charge in [-0.3, -0.25) is 4.79 Å². The topological polar surface area (TPSA) is 116 Å². The minimum atomic E-state index is -2.38. The predicted octanol–water partition coefficient (Wildman–Crippen LogP) is 4.72. The molecule has 3 fully saturated rings. The summed E-state index contributed by atoms with van der Waals surface area (Å²) in [4.78, 5) is 48.2. The standard InChI is InChI=1S/C27H31Cl4FO8/c1-12(2)38-23(37)27(40-22(36)20(30)31)18(39-21(35)19(28)29)10-16-15-6-5-13-9-14(33)7-8-24(13,3)26(15,32)17(34)11-25(16,27)4/h7-9,12,15-20,34H,5-6,10-11H2,1-4H3/t15-,16-,17-,18+,24-,25-,26-,27-/m0/s1. The van der Waals surface area contributed by atoms with Gasteiger partial charge in [0.05, 0.1) is 12.2 Å². The molecule has 0 aromatic carbocycles. The van der Waals surface area contributed by atoms with Gasteiger partial charge in [0.25, 0.3) is 5.60 Å². The Hall–Kier alpha value is -1.39. The van der Waals surface area contributed by atoms with Crippen molar-refractivity contribution in [2.75, 3.05) is 0 Å². The summed E-state index contributed by atoms with van der Waals surface area (Å²) in [6.45, 7) is 6.33. The molecule has 4 aliphatic rings. The van der Waals surface area contributed by atoms with Crippen LogP contribution in [-0.2, 0) is 33.4 Å². The molecule has 1 N–H and O–H groups in total. The Morgan fingerprint density at radius 2 is 1.70 bits per heavy atom. The van der Waals surface area contributed by atoms with Gasteiger partial charge >= 0.3 is 17.9 Å². The summed E-state index contributed by atoms with van der Waals surface area (Å²) in [6.07, 6.45) is 0.220. The Kier molecular flexibility index (Phi) is 8.44. The van der Waals surface area contributed by atoms with E-state index in [-0.39, 0.29) is 18.6 Å². The molecule has 0 heterocycles. The fourth-order valence-electron chi connectivity index (χ4n) is 7.60. The highest BCUT2D eigenvalue weighted by Gasteiger charge is 2.80. The SMILES string of the molecule is CC(C)OC(=O)[C@@]1(OC(=O)C(Cl)Cl)[C@H](OC(=O)C(Cl)Cl)C[C@H]2[C@@H]3CCC4=CC(=O)C=C[C@]4(C)[C@@]3(F)[C@@H](O)C[C@@]21C. The van der Waals surface area contributed by atoms with Gasteiger partial charge in [0.1, 0.15) is 0 Å². The maximum Gasteiger partial charge on any atom is 0.355 e. The summed E-state index contributed by atoms with van der Waals surface area (Å²) in [5.41, 5.74) is -6.96. The lowest BCUT2D eigenvalue weighted by Crippen LogP contribution is -2.70. The summed E-state index contributed by atoms with van der Waals surface area (Å²) < 4.78 is 34.4. The van der Waals surface area contributed by atoms with Crippen molar-refractivity contribution >= 4 is 70.1 Å². The highest BCUT2D eigenvalue weighted by molar-refractivity contribution is 6.53. The van der Waals surface area contributed by atoms with Gasteiger partial charge in [0.2, 0.25) is 9.67 Å². The Morgan fingerprint density at radius 1 is 1.07 bits per heavy atom. The first kappa shape index (κ1) is 31.5. The highest BCUT2D eigenvalue weighted by Crippen LogP contribution is 2.71. The third-order valence-corrected chi connectivity index (χ3v) is 10.0. The summed E-state index contributed by atoms with van der Waals surface area (Å²) in [6, 6.07) is 0. The zero-order valence-corrected chi connectivity index (χ0v) is 25.3. The van der Waals surface area contributed by atoms with E-state index in [0.29, 0.717) is 12.0 Å². The molecular weight excluding hydrogens is 613 g/mol. The fraction of sp³-hybridized carbons (Fsp3) is 0.704. The third-order valence-electron chi connectivity index (χ3n) is 9.32. The molecule has 40 heavy (non-hydrogen) atoms. The molecule has 4 aliphatic carbocycles. The number of esters is 3. The van der Waals surface area contributed by atoms with Crippen LogP contribution in [0.4, 0.5) is 4.39 Å². The first-order valence-electron chi connectivity index (χ1n) is 13.0. The van der Waals surface area contributed by atoms with Gasteiger partial charge in [-0.25, -0.2) is 18.8 Å². The number of carbonyl (C=O) groups excluding carboxylic acids is 4. The molecule has 0 saturated heterocycles. The van der Waals surface area contributed by atoms with Crippen molar-refractivity contribution in [2.24, 2.45) is 22.7 Å². The van der Waals surface area contributed by atoms with Gasteiger partial charge in [0.15, 0.2) is 17.6 Å². The molecule has 0 aromatic rings. The van der Waals surface area contributed by atoms with Crippen LogP contribution in [0, 0.1) is 22.7 Å². The monoisotopic (exact) mass is 642 g/mol. The van der Waals surface area contributed by atoms with E-state index < -0.39 is 86.2 Å². The van der Waals surface area contributed by atoms with E-state index in [9.17, 15) is 24.3 Å². The molecule has 0 spiro atoms. The number of aliphatic hydroxyl groups is 1. The third kappa shape index (κ3) is 4.50. The number of ketones is 1. The van der Waals surface area contributed by atoms with Crippen molar-refractivity contribution in [3.8, 4) is 0 Å². The van der Waals surface area contributed by atoms with Crippen LogP contribution in [0.5, 0.6) is 0 Å². The van der Waals surface area contributed by atoms with E-state index in [2.05, 4.69) is 0 Å². The molecule has 8 nitrogen and oxygen atoms in total. The fourth-order valence-corrected chi connectivity index (χ4v) is 7.79. The van der Waals surface area contributed by atoms with Gasteiger partial charge in [-0.05, 0) is 64.5 Å². The van der Waals surface area contributed by atoms with Crippen molar-refractivity contribution in [1.82, 2.24) is 0 Å². The molecule has 8 atom stereocenters. The normalized spacial score (nSPS) is 40.3. The first-order valence-corrected chi connectivity index (χ1v) is 14.7. The first-order chi connectivity index (χ1) is 18.5. The second kappa shape index (κ2) is 10.7. The van der Waals surface area contributed by atoms with Gasteiger partial charge in [-0.15, -0.1) is 0 Å². The maximum absolute atomic E-state index is 17.6. The Balaban J connectivity index is 1.91. The minimum absolute atomic E-state index is 0.153. The minimum Gasteiger partial charge on any atom is -0.460 e. The van der Waals surface area contributed by atoms with Crippen molar-refractivity contribution < 1.29 is 42.9 Å². The van der Waals surface area contributed by atoms with Gasteiger partial charge in [-0.1, -0.05) is 65.0 Å². The zero-order valence-electron chi connectivity index (χ0n) is 22.3. The Morgan fingerprint density at radius 3 is 2.27 bits per heavy atom. The molecule has 0 aromatic heterocycles. The van der Waals surface area contributed by atoms with Crippen LogP contribution >= 0.6 is 46.4 Å². The lowest BCUT2D eigenvalue weighted by Gasteiger charge is -2.62. The van der Waals surface area contributed by atoms with Crippen LogP contribution in [0.15, 0.2) is 23.8 Å². The maximum atomic E-state index is 17.6. The molecule has 0 aliphatic heterocycles. The molecule has 222 valence electrons. The van der Waals surface area contributed by atoms with Gasteiger partial charge < -0.3 is 19.3 Å². The largest absolute Gasteiger partial charge is 0.460 e. The lowest BCUT2D eigenvalue weighted by atomic mass is 9.45.